The van der Waals surface area contributed by atoms with Gasteiger partial charge in [-0.05, 0) is 30.2 Å². The van der Waals surface area contributed by atoms with E-state index in [1.807, 2.05) is 32.0 Å². The summed E-state index contributed by atoms with van der Waals surface area (Å²) in [4.78, 5) is 39.1. The lowest BCUT2D eigenvalue weighted by atomic mass is 10.0. The molecule has 0 spiro atoms. The zero-order chi connectivity index (χ0) is 17.3. The summed E-state index contributed by atoms with van der Waals surface area (Å²) >= 11 is 0. The lowest BCUT2D eigenvalue weighted by Gasteiger charge is -2.28. The summed E-state index contributed by atoms with van der Waals surface area (Å²) in [6.45, 7) is 3.64. The normalized spacial score (nSPS) is 14.7. The molecule has 0 saturated carbocycles. The van der Waals surface area contributed by atoms with Crippen molar-refractivity contribution in [2.45, 2.75) is 19.9 Å². The highest BCUT2D eigenvalue weighted by molar-refractivity contribution is 6.23. The monoisotopic (exact) mass is 322 g/mol. The maximum atomic E-state index is 12.7. The first-order valence-electron chi connectivity index (χ1n) is 7.83. The Morgan fingerprint density at radius 2 is 1.38 bits per heavy atom. The molecule has 0 aliphatic carbocycles. The average molecular weight is 322 g/mol. The van der Waals surface area contributed by atoms with Crippen molar-refractivity contribution >= 4 is 23.4 Å². The first-order chi connectivity index (χ1) is 11.5. The molecule has 2 aromatic carbocycles. The van der Waals surface area contributed by atoms with Gasteiger partial charge >= 0.3 is 0 Å². The van der Waals surface area contributed by atoms with Crippen molar-refractivity contribution in [3.63, 3.8) is 0 Å². The number of nitrogens with one attached hydrogen (secondary N) is 1. The number of hydrogen-bond acceptors (Lipinski definition) is 3. The molecule has 3 amide bonds. The topological polar surface area (TPSA) is 66.5 Å². The molecule has 3 rings (SSSR count). The van der Waals surface area contributed by atoms with E-state index in [0.29, 0.717) is 16.8 Å². The third kappa shape index (κ3) is 2.69. The Kier molecular flexibility index (Phi) is 4.16. The number of para-hydroxylation sites is 1. The van der Waals surface area contributed by atoms with E-state index in [1.54, 1.807) is 36.4 Å². The number of benzene rings is 2. The predicted molar refractivity (Wildman–Crippen MR) is 90.6 cm³/mol. The Labute approximate surface area is 140 Å². The molecular formula is C19H18N2O3. The maximum Gasteiger partial charge on any atom is 0.262 e. The van der Waals surface area contributed by atoms with E-state index in [4.69, 9.17) is 0 Å². The van der Waals surface area contributed by atoms with E-state index in [-0.39, 0.29) is 11.8 Å². The highest BCUT2D eigenvalue weighted by Gasteiger charge is 2.43. The van der Waals surface area contributed by atoms with Crippen LogP contribution in [0.1, 0.15) is 34.6 Å². The fourth-order valence-corrected chi connectivity index (χ4v) is 2.92. The molecule has 0 radical (unpaired) electrons. The molecule has 5 heteroatoms. The zero-order valence-corrected chi connectivity index (χ0v) is 13.5. The minimum atomic E-state index is -0.863. The minimum absolute atomic E-state index is 0.212. The van der Waals surface area contributed by atoms with Gasteiger partial charge in [0.1, 0.15) is 6.04 Å². The second kappa shape index (κ2) is 6.28. The van der Waals surface area contributed by atoms with Crippen molar-refractivity contribution in [2.75, 3.05) is 5.32 Å². The number of imide groups is 1. The molecule has 2 aromatic rings. The Balaban J connectivity index is 1.91. The van der Waals surface area contributed by atoms with Crippen LogP contribution in [0.2, 0.25) is 0 Å². The first kappa shape index (κ1) is 15.9. The van der Waals surface area contributed by atoms with Crippen LogP contribution in [0.3, 0.4) is 0 Å². The van der Waals surface area contributed by atoms with Crippen LogP contribution in [-0.4, -0.2) is 28.7 Å². The summed E-state index contributed by atoms with van der Waals surface area (Å²) in [5.74, 6) is -1.42. The SMILES string of the molecule is CC(C)[C@H](C(=O)Nc1ccccc1)N1C(=O)c2ccccc2C1=O. The standard InChI is InChI=1S/C19H18N2O3/c1-12(2)16(17(22)20-13-8-4-3-5-9-13)21-18(23)14-10-6-7-11-15(14)19(21)24/h3-12,16H,1-2H3,(H,20,22)/t16-/m1/s1. The van der Waals surface area contributed by atoms with Gasteiger partial charge < -0.3 is 5.32 Å². The molecule has 1 N–H and O–H groups in total. The molecule has 122 valence electrons. The van der Waals surface area contributed by atoms with Crippen LogP contribution in [0, 0.1) is 5.92 Å². The van der Waals surface area contributed by atoms with Gasteiger partial charge in [0.2, 0.25) is 5.91 Å². The second-order valence-corrected chi connectivity index (χ2v) is 6.07. The molecule has 0 saturated heterocycles. The minimum Gasteiger partial charge on any atom is -0.324 e. The molecule has 5 nitrogen and oxygen atoms in total. The van der Waals surface area contributed by atoms with Crippen molar-refractivity contribution in [3.8, 4) is 0 Å². The molecule has 0 bridgehead atoms. The van der Waals surface area contributed by atoms with Gasteiger partial charge in [-0.1, -0.05) is 44.2 Å². The molecule has 0 fully saturated rings. The number of fused-ring (bicyclic) bond motifs is 1. The molecule has 1 aliphatic rings. The van der Waals surface area contributed by atoms with Crippen LogP contribution in [0.5, 0.6) is 0 Å². The maximum absolute atomic E-state index is 12.7. The van der Waals surface area contributed by atoms with Gasteiger partial charge in [0.25, 0.3) is 11.8 Å². The second-order valence-electron chi connectivity index (χ2n) is 6.07. The molecule has 1 atom stereocenters. The van der Waals surface area contributed by atoms with Crippen molar-refractivity contribution in [2.24, 2.45) is 5.92 Å². The number of amides is 3. The van der Waals surface area contributed by atoms with E-state index < -0.39 is 17.9 Å². The van der Waals surface area contributed by atoms with Crippen molar-refractivity contribution in [3.05, 3.63) is 65.7 Å². The number of carbonyl (C=O) groups excluding carboxylic acids is 3. The van der Waals surface area contributed by atoms with Crippen molar-refractivity contribution in [1.29, 1.82) is 0 Å². The predicted octanol–water partition coefficient (Wildman–Crippen LogP) is 2.95. The van der Waals surface area contributed by atoms with Crippen LogP contribution in [-0.2, 0) is 4.79 Å². The quantitative estimate of drug-likeness (QED) is 0.880. The van der Waals surface area contributed by atoms with Gasteiger partial charge in [0.05, 0.1) is 11.1 Å². The molecule has 1 aliphatic heterocycles. The molecule has 0 unspecified atom stereocenters. The third-order valence-corrected chi connectivity index (χ3v) is 4.05. The largest absolute Gasteiger partial charge is 0.324 e. The van der Waals surface area contributed by atoms with Gasteiger partial charge in [-0.25, -0.2) is 0 Å². The van der Waals surface area contributed by atoms with Gasteiger partial charge in [-0.3, -0.25) is 19.3 Å². The summed E-state index contributed by atoms with van der Waals surface area (Å²) in [7, 11) is 0. The number of carbonyl (C=O) groups is 3. The van der Waals surface area contributed by atoms with E-state index >= 15 is 0 Å². The van der Waals surface area contributed by atoms with E-state index in [0.717, 1.165) is 4.90 Å². The van der Waals surface area contributed by atoms with Gasteiger partial charge in [-0.15, -0.1) is 0 Å². The molecule has 1 heterocycles. The summed E-state index contributed by atoms with van der Waals surface area (Å²) < 4.78 is 0. The van der Waals surface area contributed by atoms with Crippen LogP contribution >= 0.6 is 0 Å². The molecule has 24 heavy (non-hydrogen) atoms. The zero-order valence-electron chi connectivity index (χ0n) is 13.5. The Morgan fingerprint density at radius 1 is 0.875 bits per heavy atom. The van der Waals surface area contributed by atoms with Crippen LogP contribution in [0.4, 0.5) is 5.69 Å². The highest BCUT2D eigenvalue weighted by Crippen LogP contribution is 2.27. The number of hydrogen-bond donors (Lipinski definition) is 1. The number of rotatable bonds is 4. The first-order valence-corrected chi connectivity index (χ1v) is 7.83. The summed E-state index contributed by atoms with van der Waals surface area (Å²) in [5.41, 5.74) is 1.33. The van der Waals surface area contributed by atoms with Crippen LogP contribution < -0.4 is 5.32 Å². The van der Waals surface area contributed by atoms with Crippen molar-refractivity contribution in [1.82, 2.24) is 4.90 Å². The molecular weight excluding hydrogens is 304 g/mol. The molecule has 0 aromatic heterocycles. The lowest BCUT2D eigenvalue weighted by molar-refractivity contribution is -0.121. The third-order valence-electron chi connectivity index (χ3n) is 4.05. The average Bonchev–Trinajstić information content (AvgIpc) is 2.81. The number of nitrogens with zero attached hydrogens (tertiary/aromatic N) is 1. The smallest absolute Gasteiger partial charge is 0.262 e. The van der Waals surface area contributed by atoms with Crippen molar-refractivity contribution < 1.29 is 14.4 Å². The summed E-state index contributed by atoms with van der Waals surface area (Å²) in [6, 6.07) is 14.8. The number of anilines is 1. The van der Waals surface area contributed by atoms with Crippen LogP contribution in [0.15, 0.2) is 54.6 Å². The van der Waals surface area contributed by atoms with Crippen LogP contribution in [0.25, 0.3) is 0 Å². The van der Waals surface area contributed by atoms with Gasteiger partial charge in [0.15, 0.2) is 0 Å². The fraction of sp³-hybridized carbons (Fsp3) is 0.211. The summed E-state index contributed by atoms with van der Waals surface area (Å²) in [6.07, 6.45) is 0. The highest BCUT2D eigenvalue weighted by atomic mass is 16.2. The van der Waals surface area contributed by atoms with E-state index in [1.165, 1.54) is 0 Å². The van der Waals surface area contributed by atoms with E-state index in [9.17, 15) is 14.4 Å². The summed E-state index contributed by atoms with van der Waals surface area (Å²) in [5, 5.41) is 2.78. The Hall–Kier alpha value is -2.95. The lowest BCUT2D eigenvalue weighted by Crippen LogP contribution is -2.50. The fourth-order valence-electron chi connectivity index (χ4n) is 2.92. The van der Waals surface area contributed by atoms with Gasteiger partial charge in [-0.2, -0.15) is 0 Å². The van der Waals surface area contributed by atoms with Gasteiger partial charge in [0, 0.05) is 5.69 Å². The Bertz CT molecular complexity index is 764. The van der Waals surface area contributed by atoms with E-state index in [2.05, 4.69) is 5.32 Å². The Morgan fingerprint density at radius 3 is 1.88 bits per heavy atom.